The van der Waals surface area contributed by atoms with Crippen LogP contribution in [0.4, 0.5) is 16.3 Å². The van der Waals surface area contributed by atoms with Crippen molar-refractivity contribution in [3.05, 3.63) is 40.3 Å². The number of fused-ring (bicyclic) bond motifs is 1. The summed E-state index contributed by atoms with van der Waals surface area (Å²) in [5.41, 5.74) is 9.53. The summed E-state index contributed by atoms with van der Waals surface area (Å²) in [6, 6.07) is 4.79. The first-order valence-corrected chi connectivity index (χ1v) is 8.94. The second kappa shape index (κ2) is 7.40. The van der Waals surface area contributed by atoms with Crippen LogP contribution in [0.5, 0.6) is 0 Å². The van der Waals surface area contributed by atoms with Crippen molar-refractivity contribution >= 4 is 40.2 Å². The van der Waals surface area contributed by atoms with E-state index in [0.717, 1.165) is 22.3 Å². The Labute approximate surface area is 162 Å². The Hall–Kier alpha value is -2.87. The van der Waals surface area contributed by atoms with Crippen molar-refractivity contribution in [3.63, 3.8) is 0 Å². The first-order chi connectivity index (χ1) is 12.7. The van der Waals surface area contributed by atoms with Crippen LogP contribution in [0.1, 0.15) is 36.7 Å². The highest BCUT2D eigenvalue weighted by molar-refractivity contribution is 6.29. The predicted octanol–water partition coefficient (Wildman–Crippen LogP) is 3.91. The van der Waals surface area contributed by atoms with Gasteiger partial charge in [0.1, 0.15) is 11.0 Å². The molecule has 0 fully saturated rings. The third-order valence-electron chi connectivity index (χ3n) is 4.11. The molecule has 9 heteroatoms. The zero-order chi connectivity index (χ0) is 19.7. The first kappa shape index (κ1) is 18.9. The monoisotopic (exact) mass is 387 g/mol. The van der Waals surface area contributed by atoms with Gasteiger partial charge in [-0.05, 0) is 43.5 Å². The summed E-state index contributed by atoms with van der Waals surface area (Å²) in [5, 5.41) is 8.52. The summed E-state index contributed by atoms with van der Waals surface area (Å²) in [6.45, 7) is 7.99. The number of hydrogen-bond donors (Lipinski definition) is 3. The molecule has 2 amide bonds. The van der Waals surface area contributed by atoms with Gasteiger partial charge in [-0.1, -0.05) is 25.4 Å². The zero-order valence-corrected chi connectivity index (χ0v) is 16.6. The summed E-state index contributed by atoms with van der Waals surface area (Å²) in [5.74, 6) is 0.822. The van der Waals surface area contributed by atoms with Gasteiger partial charge in [0, 0.05) is 23.8 Å². The van der Waals surface area contributed by atoms with Gasteiger partial charge >= 0.3 is 6.03 Å². The van der Waals surface area contributed by atoms with Gasteiger partial charge in [0.05, 0.1) is 5.69 Å². The Morgan fingerprint density at radius 2 is 1.93 bits per heavy atom. The topological polar surface area (TPSA) is 96.8 Å². The molecular formula is C18H22ClN7O. The van der Waals surface area contributed by atoms with Crippen molar-refractivity contribution in [3.8, 4) is 0 Å². The molecule has 0 bridgehead atoms. The maximum Gasteiger partial charge on any atom is 0.337 e. The average Bonchev–Trinajstić information content (AvgIpc) is 2.85. The van der Waals surface area contributed by atoms with Crippen molar-refractivity contribution in [2.75, 3.05) is 10.7 Å². The number of hydrazine groups is 1. The molecule has 3 aromatic rings. The van der Waals surface area contributed by atoms with Crippen molar-refractivity contribution in [1.82, 2.24) is 25.2 Å². The number of hydrogen-bond acceptors (Lipinski definition) is 5. The van der Waals surface area contributed by atoms with Crippen LogP contribution in [0.25, 0.3) is 11.0 Å². The normalized spacial score (nSPS) is 11.1. The van der Waals surface area contributed by atoms with E-state index in [1.165, 1.54) is 0 Å². The second-order valence-electron chi connectivity index (χ2n) is 6.68. The summed E-state index contributed by atoms with van der Waals surface area (Å²) < 4.78 is 1.74. The molecule has 0 saturated carbocycles. The molecule has 0 aromatic carbocycles. The van der Waals surface area contributed by atoms with Crippen LogP contribution in [-0.4, -0.2) is 25.8 Å². The van der Waals surface area contributed by atoms with E-state index in [0.29, 0.717) is 22.4 Å². The smallest absolute Gasteiger partial charge is 0.306 e. The number of rotatable bonds is 4. The molecule has 0 radical (unpaired) electrons. The van der Waals surface area contributed by atoms with Crippen LogP contribution < -0.4 is 16.2 Å². The van der Waals surface area contributed by atoms with Crippen molar-refractivity contribution in [2.45, 2.75) is 33.6 Å². The van der Waals surface area contributed by atoms with Gasteiger partial charge in [-0.2, -0.15) is 5.10 Å². The van der Waals surface area contributed by atoms with Gasteiger partial charge in [0.25, 0.3) is 0 Å². The van der Waals surface area contributed by atoms with Crippen LogP contribution in [-0.2, 0) is 7.05 Å². The van der Waals surface area contributed by atoms with Crippen molar-refractivity contribution < 1.29 is 4.79 Å². The number of halogens is 1. The Kier molecular flexibility index (Phi) is 5.18. The fourth-order valence-electron chi connectivity index (χ4n) is 2.98. The number of nitrogens with one attached hydrogen (secondary N) is 3. The molecule has 0 aliphatic heterocycles. The van der Waals surface area contributed by atoms with Gasteiger partial charge in [0.15, 0.2) is 5.65 Å². The molecule has 3 N–H and O–H groups in total. The van der Waals surface area contributed by atoms with Crippen LogP contribution in [0.15, 0.2) is 18.2 Å². The summed E-state index contributed by atoms with van der Waals surface area (Å²) in [7, 11) is 1.85. The minimum absolute atomic E-state index is 0.287. The fourth-order valence-corrected chi connectivity index (χ4v) is 3.23. The van der Waals surface area contributed by atoms with E-state index in [1.54, 1.807) is 23.7 Å². The number of aromatic nitrogens is 4. The van der Waals surface area contributed by atoms with Crippen LogP contribution >= 0.6 is 11.6 Å². The number of urea groups is 1. The number of amides is 2. The molecule has 0 saturated heterocycles. The fraction of sp³-hybridized carbons (Fsp3) is 0.333. The third-order valence-corrected chi connectivity index (χ3v) is 4.30. The lowest BCUT2D eigenvalue weighted by Gasteiger charge is -2.13. The Morgan fingerprint density at radius 3 is 2.59 bits per heavy atom. The molecule has 0 unspecified atom stereocenters. The van der Waals surface area contributed by atoms with Gasteiger partial charge in [-0.3, -0.25) is 15.5 Å². The Bertz CT molecular complexity index is 992. The first-order valence-electron chi connectivity index (χ1n) is 8.56. The quantitative estimate of drug-likeness (QED) is 0.466. The highest BCUT2D eigenvalue weighted by atomic mass is 35.5. The largest absolute Gasteiger partial charge is 0.337 e. The second-order valence-corrected chi connectivity index (χ2v) is 7.07. The third kappa shape index (κ3) is 4.11. The number of pyridine rings is 2. The lowest BCUT2D eigenvalue weighted by atomic mass is 10.00. The van der Waals surface area contributed by atoms with Gasteiger partial charge in [-0.15, -0.1) is 0 Å². The van der Waals surface area contributed by atoms with E-state index in [2.05, 4.69) is 45.1 Å². The summed E-state index contributed by atoms with van der Waals surface area (Å²) in [4.78, 5) is 20.8. The number of anilines is 2. The molecule has 0 aliphatic rings. The Morgan fingerprint density at radius 1 is 1.19 bits per heavy atom. The summed E-state index contributed by atoms with van der Waals surface area (Å²) in [6.07, 6.45) is 0. The predicted molar refractivity (Wildman–Crippen MR) is 107 cm³/mol. The van der Waals surface area contributed by atoms with E-state index in [1.807, 2.05) is 20.0 Å². The average molecular weight is 388 g/mol. The highest BCUT2D eigenvalue weighted by Crippen LogP contribution is 2.28. The van der Waals surface area contributed by atoms with Crippen LogP contribution in [0, 0.1) is 13.8 Å². The molecule has 142 valence electrons. The highest BCUT2D eigenvalue weighted by Gasteiger charge is 2.16. The molecule has 0 spiro atoms. The van der Waals surface area contributed by atoms with Gasteiger partial charge < -0.3 is 5.32 Å². The summed E-state index contributed by atoms with van der Waals surface area (Å²) >= 11 is 5.91. The minimum Gasteiger partial charge on any atom is -0.306 e. The molecule has 0 atom stereocenters. The van der Waals surface area contributed by atoms with E-state index >= 15 is 0 Å². The molecule has 3 aromatic heterocycles. The molecule has 27 heavy (non-hydrogen) atoms. The van der Waals surface area contributed by atoms with Crippen LogP contribution in [0.2, 0.25) is 5.15 Å². The maximum atomic E-state index is 12.2. The number of carbonyl (C=O) groups excluding carboxylic acids is 1. The van der Waals surface area contributed by atoms with Crippen molar-refractivity contribution in [2.24, 2.45) is 7.05 Å². The van der Waals surface area contributed by atoms with E-state index in [9.17, 15) is 4.79 Å². The number of aryl methyl sites for hydroxylation is 3. The number of nitrogens with zero attached hydrogens (tertiary/aromatic N) is 4. The van der Waals surface area contributed by atoms with Gasteiger partial charge in [0.2, 0.25) is 0 Å². The molecule has 0 aliphatic carbocycles. The van der Waals surface area contributed by atoms with Crippen molar-refractivity contribution in [1.29, 1.82) is 0 Å². The lowest BCUT2D eigenvalue weighted by molar-refractivity contribution is 0.254. The minimum atomic E-state index is -0.439. The van der Waals surface area contributed by atoms with E-state index in [-0.39, 0.29) is 5.92 Å². The van der Waals surface area contributed by atoms with Crippen LogP contribution in [0.3, 0.4) is 0 Å². The lowest BCUT2D eigenvalue weighted by Crippen LogP contribution is -2.34. The van der Waals surface area contributed by atoms with Gasteiger partial charge in [-0.25, -0.2) is 14.8 Å². The molecule has 3 heterocycles. The maximum absolute atomic E-state index is 12.2. The van der Waals surface area contributed by atoms with E-state index in [4.69, 9.17) is 11.6 Å². The standard InChI is InChI=1S/C18H22ClN7O/c1-9(2)13-8-15(22-17-16(13)11(4)25-26(17)5)23-24-18(27)21-12-6-10(3)20-14(19)7-12/h6-9H,1-5H3,(H,22,23)(H2,20,21,24,27). The number of carbonyl (C=O) groups is 1. The van der Waals surface area contributed by atoms with E-state index < -0.39 is 6.03 Å². The molecule has 3 rings (SSSR count). The molecule has 8 nitrogen and oxygen atoms in total. The SMILES string of the molecule is Cc1cc(NC(=O)NNc2cc(C(C)C)c3c(C)nn(C)c3n2)cc(Cl)n1. The Balaban J connectivity index is 1.78. The zero-order valence-electron chi connectivity index (χ0n) is 15.9. The molecular weight excluding hydrogens is 366 g/mol.